The molecule has 1 fully saturated rings. The smallest absolute Gasteiger partial charge is 0.306 e. The summed E-state index contributed by atoms with van der Waals surface area (Å²) in [6.45, 7) is 3.93. The Labute approximate surface area is 651 Å². The van der Waals surface area contributed by atoms with Crippen LogP contribution in [-0.4, -0.2) is 140 Å². The maximum absolute atomic E-state index is 14.9. The fraction of sp³-hybridized carbons (Fsp3) is 0.292. The summed E-state index contributed by atoms with van der Waals surface area (Å²) in [5.41, 5.74) is 5.13. The molecule has 3 aromatic heterocycles. The highest BCUT2D eigenvalue weighted by atomic mass is 35.5. The van der Waals surface area contributed by atoms with Gasteiger partial charge in [0.2, 0.25) is 11.0 Å². The third-order valence-corrected chi connectivity index (χ3v) is 23.7. The Bertz CT molecular complexity index is 4990. The molecule has 6 aromatic carbocycles. The molecule has 0 atom stereocenters. The number of carboxylic acid groups (broad SMARTS) is 1. The SMILES string of the molecule is CNC(=O)CNCCCc1cc(Cl)ccc1Oc1cc(F)c(S(=O)(=O)Nc2cscn2)cc1Cl.CS(=O)(=O)CCNCCCc1cc(Cl)ccc1Oc1cc(F)c(S(=O)(=O)Nc2cscn2)cc1Cl.O=C(O)C1CCN(CCCc2cc(Cl)ccc2Oc2cc(F)c(S(=O)(=O)Nc3ncns3)cc2Cl)CC1. The van der Waals surface area contributed by atoms with Crippen molar-refractivity contribution in [3.05, 3.63) is 183 Å². The number of piperidine rings is 1. The van der Waals surface area contributed by atoms with Gasteiger partial charge in [-0.15, -0.1) is 22.7 Å². The van der Waals surface area contributed by atoms with Gasteiger partial charge in [0.25, 0.3) is 30.1 Å². The average molecular weight is 1720 g/mol. The summed E-state index contributed by atoms with van der Waals surface area (Å²) >= 11 is 40.4. The molecule has 1 saturated heterocycles. The van der Waals surface area contributed by atoms with E-state index in [4.69, 9.17) is 88.9 Å². The highest BCUT2D eigenvalue weighted by Gasteiger charge is 2.29. The van der Waals surface area contributed by atoms with Gasteiger partial charge in [-0.2, -0.15) is 4.37 Å². The highest BCUT2D eigenvalue weighted by Crippen LogP contribution is 2.40. The van der Waals surface area contributed by atoms with Crippen molar-refractivity contribution in [1.29, 1.82) is 0 Å². The number of hydrogen-bond acceptors (Lipinski definition) is 23. The molecule has 9 aromatic rings. The lowest BCUT2D eigenvalue weighted by atomic mass is 9.97. The number of halogens is 9. The van der Waals surface area contributed by atoms with Crippen molar-refractivity contribution in [3.8, 4) is 34.5 Å². The molecule has 0 aliphatic carbocycles. The first-order chi connectivity index (χ1) is 50.3. The molecule has 1 aliphatic heterocycles. The lowest BCUT2D eigenvalue weighted by Gasteiger charge is -2.30. The van der Waals surface area contributed by atoms with Crippen molar-refractivity contribution in [2.45, 2.75) is 66.1 Å². The van der Waals surface area contributed by atoms with Gasteiger partial charge in [-0.05, 0) is 174 Å². The Kier molecular flexibility index (Phi) is 31.5. The number of ether oxygens (including phenoxy) is 3. The lowest BCUT2D eigenvalue weighted by Crippen LogP contribution is -2.36. The third-order valence-electron chi connectivity index (χ3n) is 15.2. The first-order valence-electron chi connectivity index (χ1n) is 31.5. The van der Waals surface area contributed by atoms with Gasteiger partial charge >= 0.3 is 5.97 Å². The monoisotopic (exact) mass is 1720 g/mol. The number of amides is 1. The summed E-state index contributed by atoms with van der Waals surface area (Å²) in [6, 6.07) is 20.6. The number of rotatable bonds is 33. The molecule has 7 N–H and O–H groups in total. The van der Waals surface area contributed by atoms with Gasteiger partial charge in [0, 0.05) is 75.4 Å². The van der Waals surface area contributed by atoms with Crippen LogP contribution in [0, 0.1) is 23.4 Å². The number of sulfone groups is 1. The predicted molar refractivity (Wildman–Crippen MR) is 407 cm³/mol. The third kappa shape index (κ3) is 25.9. The van der Waals surface area contributed by atoms with Gasteiger partial charge in [0.15, 0.2) is 11.6 Å². The Morgan fingerprint density at radius 1 is 0.557 bits per heavy atom. The Morgan fingerprint density at radius 3 is 1.35 bits per heavy atom. The summed E-state index contributed by atoms with van der Waals surface area (Å²) < 4.78 is 170. The molecule has 1 amide bonds. The molecule has 0 unspecified atom stereocenters. The minimum atomic E-state index is -4.28. The summed E-state index contributed by atoms with van der Waals surface area (Å²) in [4.78, 5) is 34.1. The summed E-state index contributed by atoms with van der Waals surface area (Å²) in [5.74, 6) is -3.03. The number of aryl methyl sites for hydroxylation is 3. The number of thiazole rings is 2. The van der Waals surface area contributed by atoms with Gasteiger partial charge in [0.1, 0.15) is 82.8 Å². The highest BCUT2D eigenvalue weighted by molar-refractivity contribution is 7.93. The molecule has 41 heteroatoms. The number of likely N-dealkylation sites (N-methyl/N-ethyl adjacent to an activating group) is 1. The minimum Gasteiger partial charge on any atom is -0.481 e. The standard InChI is InChI=1S/C23H23Cl2FN4O5S2.C21H21Cl2FN4O4S2.C21H22Cl2FN3O5S3/c24-16-3-4-19(15(10-16)2-1-7-30-8-5-14(6-9-30)22(31)32)35-20-12-18(26)21(11-17(20)25)37(33,34)29-23-27-13-28-36-23;1-25-21(29)10-26-6-2-3-13-7-14(22)4-5-17(13)32-18-9-16(24)19(8-15(18)23)34(30,31)28-20-11-33-12-27-20;1-34(28,29)8-7-25-6-2-3-14-9-15(22)4-5-18(14)32-19-11-17(24)20(10-16(19)23)35(30,31)27-21-12-33-13-26-21/h3-4,10-14H,1-2,5-9H2,(H,31,32)(H,27,28,29);4-5,7-9,11-12,26,28H,2-3,6,10H2,1H3,(H,25,29);4-5,9-13,25,27H,2-3,6-8H2,1H3. The van der Waals surface area contributed by atoms with Crippen LogP contribution >= 0.6 is 104 Å². The summed E-state index contributed by atoms with van der Waals surface area (Å²) in [5, 5.41) is 21.9. The van der Waals surface area contributed by atoms with Crippen molar-refractivity contribution in [2.75, 3.05) is 79.0 Å². The predicted octanol–water partition coefficient (Wildman–Crippen LogP) is 14.5. The Balaban J connectivity index is 0.000000201. The van der Waals surface area contributed by atoms with Crippen LogP contribution in [0.5, 0.6) is 34.5 Å². The fourth-order valence-electron chi connectivity index (χ4n) is 9.94. The molecule has 570 valence electrons. The largest absolute Gasteiger partial charge is 0.481 e. The van der Waals surface area contributed by atoms with E-state index < -0.39 is 78.0 Å². The molecule has 1 aliphatic rings. The van der Waals surface area contributed by atoms with E-state index in [2.05, 4.69) is 54.3 Å². The minimum absolute atomic E-state index is 0.00656. The molecule has 4 heterocycles. The second-order valence-electron chi connectivity index (χ2n) is 23.0. The number of carbonyl (C=O) groups is 2. The van der Waals surface area contributed by atoms with E-state index in [-0.39, 0.29) is 73.2 Å². The summed E-state index contributed by atoms with van der Waals surface area (Å²) in [6.07, 6.45) is 7.41. The second kappa shape index (κ2) is 39.5. The number of carbonyl (C=O) groups excluding carboxylic acids is 1. The van der Waals surface area contributed by atoms with Crippen molar-refractivity contribution >= 4 is 172 Å². The lowest BCUT2D eigenvalue weighted by molar-refractivity contribution is -0.143. The number of aromatic nitrogens is 4. The summed E-state index contributed by atoms with van der Waals surface area (Å²) in [7, 11) is -14.2. The zero-order valence-corrected chi connectivity index (χ0v) is 65.9. The maximum Gasteiger partial charge on any atom is 0.306 e. The van der Waals surface area contributed by atoms with Gasteiger partial charge in [0.05, 0.1) is 44.3 Å². The van der Waals surface area contributed by atoms with E-state index in [1.807, 2.05) is 0 Å². The topological polar surface area (TPSA) is 346 Å². The molecular weight excluding hydrogens is 1650 g/mol. The second-order valence-corrected chi connectivity index (χ2v) is 35.0. The molecule has 0 bridgehead atoms. The van der Waals surface area contributed by atoms with Crippen molar-refractivity contribution in [1.82, 2.24) is 40.2 Å². The number of sulfonamides is 3. The molecular formula is C65H66Cl6F3N11O14S7. The average Bonchev–Trinajstić information content (AvgIpc) is 1.06. The number of benzene rings is 6. The normalized spacial score (nSPS) is 12.8. The number of hydrogen-bond donors (Lipinski definition) is 7. The fourth-order valence-corrected chi connectivity index (χ4v) is 16.9. The van der Waals surface area contributed by atoms with Crippen LogP contribution in [0.3, 0.4) is 0 Å². The molecule has 106 heavy (non-hydrogen) atoms. The van der Waals surface area contributed by atoms with Crippen LogP contribution in [0.1, 0.15) is 48.8 Å². The molecule has 0 radical (unpaired) electrons. The first kappa shape index (κ1) is 84.7. The van der Waals surface area contributed by atoms with Crippen molar-refractivity contribution in [2.24, 2.45) is 5.92 Å². The van der Waals surface area contributed by atoms with Crippen LogP contribution in [0.25, 0.3) is 0 Å². The molecule has 0 saturated carbocycles. The first-order valence-corrected chi connectivity index (χ1v) is 42.9. The number of nitrogens with one attached hydrogen (secondary N) is 6. The van der Waals surface area contributed by atoms with Crippen LogP contribution < -0.4 is 44.3 Å². The number of likely N-dealkylation sites (tertiary alicyclic amines) is 1. The number of aliphatic carboxylic acids is 1. The number of nitrogens with zero attached hydrogens (tertiary/aromatic N) is 5. The van der Waals surface area contributed by atoms with E-state index in [0.29, 0.717) is 96.9 Å². The van der Waals surface area contributed by atoms with Crippen molar-refractivity contribution in [3.63, 3.8) is 0 Å². The van der Waals surface area contributed by atoms with Gasteiger partial charge in [-0.25, -0.2) is 61.8 Å². The van der Waals surface area contributed by atoms with E-state index in [9.17, 15) is 56.4 Å². The Hall–Kier alpha value is -6.91. The van der Waals surface area contributed by atoms with Crippen LogP contribution in [0.4, 0.5) is 29.9 Å². The number of anilines is 3. The molecule has 10 rings (SSSR count). The Morgan fingerprint density at radius 2 is 0.972 bits per heavy atom. The van der Waals surface area contributed by atoms with Crippen LogP contribution in [0.15, 0.2) is 134 Å². The van der Waals surface area contributed by atoms with Gasteiger partial charge < -0.3 is 40.2 Å². The van der Waals surface area contributed by atoms with E-state index >= 15 is 0 Å². The van der Waals surface area contributed by atoms with Crippen LogP contribution in [0.2, 0.25) is 30.1 Å². The van der Waals surface area contributed by atoms with E-state index in [1.54, 1.807) is 61.6 Å². The molecule has 0 spiro atoms. The van der Waals surface area contributed by atoms with E-state index in [0.717, 1.165) is 90.7 Å². The van der Waals surface area contributed by atoms with Gasteiger partial charge in [-0.1, -0.05) is 69.6 Å². The number of carboxylic acids is 1. The van der Waals surface area contributed by atoms with Crippen molar-refractivity contribution < 1.29 is 75.7 Å². The zero-order chi connectivity index (χ0) is 76.9. The van der Waals surface area contributed by atoms with Gasteiger partial charge in [-0.3, -0.25) is 23.8 Å². The van der Waals surface area contributed by atoms with Crippen LogP contribution in [-0.2, 0) is 68.8 Å². The van der Waals surface area contributed by atoms with E-state index in [1.165, 1.54) is 57.0 Å². The molecule has 25 nitrogen and oxygen atoms in total. The zero-order valence-electron chi connectivity index (χ0n) is 55.7. The maximum atomic E-state index is 14.9. The quantitative estimate of drug-likeness (QED) is 0.0188.